The number of allylic oxidation sites excluding steroid dienone is 13. The molecule has 0 radical (unpaired) electrons. The number of carbonyl (C=O) groups is 2. The molecule has 2 heterocycles. The van der Waals surface area contributed by atoms with E-state index in [1.165, 1.54) is 0 Å². The summed E-state index contributed by atoms with van der Waals surface area (Å²) in [5.74, 6) is -4.41. The number of sulfone groups is 1. The van der Waals surface area contributed by atoms with E-state index < -0.39 is 114 Å². The van der Waals surface area contributed by atoms with Crippen LogP contribution in [0.25, 0.3) is 0 Å². The zero-order valence-corrected chi connectivity index (χ0v) is 40.8. The fourth-order valence-corrected chi connectivity index (χ4v) is 8.08. The predicted octanol–water partition coefficient (Wildman–Crippen LogP) is 1.85. The Kier molecular flexibility index (Phi) is 29.0. The number of esters is 1. The van der Waals surface area contributed by atoms with Crippen molar-refractivity contribution in [2.45, 2.75) is 164 Å². The molecular formula is C49H80N2O16S. The van der Waals surface area contributed by atoms with Gasteiger partial charge in [0.15, 0.2) is 12.1 Å². The first kappa shape index (κ1) is 60.7. The zero-order valence-electron chi connectivity index (χ0n) is 40.0. The van der Waals surface area contributed by atoms with E-state index >= 15 is 0 Å². The van der Waals surface area contributed by atoms with Gasteiger partial charge < -0.3 is 70.9 Å². The van der Waals surface area contributed by atoms with Crippen molar-refractivity contribution in [2.75, 3.05) is 31.8 Å². The van der Waals surface area contributed by atoms with Crippen molar-refractivity contribution >= 4 is 21.7 Å². The van der Waals surface area contributed by atoms with Crippen molar-refractivity contribution < 1.29 is 77.8 Å². The molecule has 388 valence electrons. The Morgan fingerprint density at radius 1 is 0.882 bits per heavy atom. The Balaban J connectivity index is 2.17. The molecule has 14 atom stereocenters. The van der Waals surface area contributed by atoms with Crippen LogP contribution in [0.5, 0.6) is 0 Å². The lowest BCUT2D eigenvalue weighted by Crippen LogP contribution is -2.52. The first-order chi connectivity index (χ1) is 32.1. The van der Waals surface area contributed by atoms with E-state index in [0.29, 0.717) is 0 Å². The molecule has 2 rings (SSSR count). The molecule has 2 fully saturated rings. The van der Waals surface area contributed by atoms with Gasteiger partial charge in [-0.1, -0.05) is 92.0 Å². The molecule has 18 nitrogen and oxygen atoms in total. The van der Waals surface area contributed by atoms with Crippen LogP contribution in [0, 0.1) is 11.8 Å². The number of aliphatic hydroxyl groups is 8. The second kappa shape index (κ2) is 32.5. The third-order valence-corrected chi connectivity index (χ3v) is 12.6. The second-order valence-electron chi connectivity index (χ2n) is 17.9. The number of nitrogens with two attached hydrogens (primary N) is 1. The first-order valence-electron chi connectivity index (χ1n) is 23.5. The smallest absolute Gasteiger partial charge is 0.308 e. The summed E-state index contributed by atoms with van der Waals surface area (Å²) >= 11 is 0. The molecule has 11 N–H and O–H groups in total. The molecule has 0 spiro atoms. The summed E-state index contributed by atoms with van der Waals surface area (Å²) in [6.07, 6.45) is 15.0. The van der Waals surface area contributed by atoms with Gasteiger partial charge in [0.2, 0.25) is 5.91 Å². The van der Waals surface area contributed by atoms with Crippen LogP contribution in [0.1, 0.15) is 91.4 Å². The highest BCUT2D eigenvalue weighted by Crippen LogP contribution is 2.37. The number of rotatable bonds is 31. The summed E-state index contributed by atoms with van der Waals surface area (Å²) in [5, 5.41) is 87.3. The molecule has 2 aliphatic rings. The number of amides is 1. The molecule has 0 saturated carbocycles. The van der Waals surface area contributed by atoms with Crippen LogP contribution < -0.4 is 11.1 Å². The third kappa shape index (κ3) is 26.0. The van der Waals surface area contributed by atoms with Gasteiger partial charge >= 0.3 is 5.97 Å². The fraction of sp³-hybridized carbons (Fsp3) is 0.673. The minimum absolute atomic E-state index is 0.00316. The fourth-order valence-electron chi connectivity index (χ4n) is 7.42. The van der Waals surface area contributed by atoms with Crippen LogP contribution in [-0.2, 0) is 38.4 Å². The molecule has 68 heavy (non-hydrogen) atoms. The Bertz CT molecular complexity index is 1790. The van der Waals surface area contributed by atoms with E-state index in [1.807, 2.05) is 67.7 Å². The summed E-state index contributed by atoms with van der Waals surface area (Å²) < 4.78 is 46.9. The molecule has 0 aromatic heterocycles. The van der Waals surface area contributed by atoms with Crippen LogP contribution in [0.3, 0.4) is 0 Å². The molecule has 2 aliphatic heterocycles. The molecule has 0 bridgehead atoms. The predicted molar refractivity (Wildman–Crippen MR) is 257 cm³/mol. The zero-order chi connectivity index (χ0) is 50.7. The van der Waals surface area contributed by atoms with E-state index in [9.17, 15) is 58.9 Å². The number of ether oxygens (including phenoxy) is 4. The quantitative estimate of drug-likeness (QED) is 0.0269. The van der Waals surface area contributed by atoms with E-state index in [4.69, 9.17) is 24.7 Å². The summed E-state index contributed by atoms with van der Waals surface area (Å²) in [4.78, 5) is 25.8. The highest BCUT2D eigenvalue weighted by molar-refractivity contribution is 7.90. The molecule has 0 aliphatic carbocycles. The Hall–Kier alpha value is -3.41. The molecule has 2 saturated heterocycles. The molecule has 1 amide bonds. The highest BCUT2D eigenvalue weighted by Gasteiger charge is 2.45. The van der Waals surface area contributed by atoms with Crippen LogP contribution in [0.15, 0.2) is 85.1 Å². The number of nitrogens with one attached hydrogen (secondary N) is 1. The molecule has 0 aromatic rings. The van der Waals surface area contributed by atoms with Gasteiger partial charge in [0.05, 0.1) is 73.5 Å². The van der Waals surface area contributed by atoms with E-state index in [2.05, 4.69) is 5.32 Å². The van der Waals surface area contributed by atoms with Crippen LogP contribution in [0.2, 0.25) is 0 Å². The molecule has 0 aromatic carbocycles. The van der Waals surface area contributed by atoms with E-state index in [-0.39, 0.29) is 89.2 Å². The maximum atomic E-state index is 13.7. The standard InChI is InChI=1S/C49H80N2O16S/c1-5-6-7-8-9-10-11-12-13-14-15-16-17-19-39(66-47-30-41(50)44(58)33-64-47)29-45-40(48(60)51-24-18-25-68(4,62)63)22-23-49(61,67-45)31-38(55)27-43(57)42(56)21-20-36(53)26-37(54)28-46(59)65-35(3)34(2)32-52/h5-17,19,34-45,47,52-58,61H,18,20-33,50H2,1-4H3,(H,51,60)/b6-5+,8-7+,10-9+,12-11+,14-13+,16-15+,19-17+/t34-,35+,36-,37-,38+,39+,40-,41-,42-,43-,44-,45+,47+,49+/m1/s1. The highest BCUT2D eigenvalue weighted by atomic mass is 32.2. The second-order valence-corrected chi connectivity index (χ2v) is 20.2. The average Bonchev–Trinajstić information content (AvgIpc) is 3.26. The van der Waals surface area contributed by atoms with Gasteiger partial charge in [-0.3, -0.25) is 9.59 Å². The SMILES string of the molecule is C/C=C/C=C/C=C/C=C/C=C/C=C/C=C/[C@@H](C[C@@H]1O[C@](O)(C[C@@H](O)C[C@@H](O)[C@H](O)CC[C@@H](O)C[C@@H](O)CC(=O)O[C@@H](C)[C@H](C)CO)CC[C@H]1C(=O)NCCCS(C)(=O)=O)O[C@H]1C[C@@H](N)[C@H](O)CO1. The van der Waals surface area contributed by atoms with Gasteiger partial charge in [-0.05, 0) is 46.0 Å². The molecule has 0 unspecified atom stereocenters. The van der Waals surface area contributed by atoms with Crippen molar-refractivity contribution in [3.8, 4) is 0 Å². The lowest BCUT2D eigenvalue weighted by Gasteiger charge is -2.43. The summed E-state index contributed by atoms with van der Waals surface area (Å²) in [5.41, 5.74) is 6.11. The average molecular weight is 985 g/mol. The van der Waals surface area contributed by atoms with Gasteiger partial charge in [-0.25, -0.2) is 8.42 Å². The summed E-state index contributed by atoms with van der Waals surface area (Å²) in [6.45, 7) is 5.08. The van der Waals surface area contributed by atoms with Crippen LogP contribution >= 0.6 is 0 Å². The van der Waals surface area contributed by atoms with Crippen molar-refractivity contribution in [1.29, 1.82) is 0 Å². The maximum absolute atomic E-state index is 13.7. The summed E-state index contributed by atoms with van der Waals surface area (Å²) in [7, 11) is -3.27. The normalized spacial score (nSPS) is 26.8. The minimum Gasteiger partial charge on any atom is -0.462 e. The topological polar surface area (TPSA) is 305 Å². The van der Waals surface area contributed by atoms with Crippen LogP contribution in [-0.4, -0.2) is 166 Å². The molecular weight excluding hydrogens is 905 g/mol. The van der Waals surface area contributed by atoms with Gasteiger partial charge in [0.1, 0.15) is 15.9 Å². The summed E-state index contributed by atoms with van der Waals surface area (Å²) in [6, 6.07) is -0.621. The first-order valence-corrected chi connectivity index (χ1v) is 25.6. The minimum atomic E-state index is -3.27. The molecule has 19 heteroatoms. The van der Waals surface area contributed by atoms with Crippen LogP contribution in [0.4, 0.5) is 0 Å². The number of aliphatic hydroxyl groups excluding tert-OH is 7. The monoisotopic (exact) mass is 985 g/mol. The number of carbonyl (C=O) groups excluding carboxylic acids is 2. The Morgan fingerprint density at radius 2 is 1.50 bits per heavy atom. The Morgan fingerprint density at radius 3 is 2.09 bits per heavy atom. The van der Waals surface area contributed by atoms with Crippen molar-refractivity contribution in [2.24, 2.45) is 17.6 Å². The number of hydrogen-bond donors (Lipinski definition) is 10. The van der Waals surface area contributed by atoms with Crippen molar-refractivity contribution in [3.05, 3.63) is 85.1 Å². The van der Waals surface area contributed by atoms with Crippen molar-refractivity contribution in [1.82, 2.24) is 5.32 Å². The van der Waals surface area contributed by atoms with E-state index in [1.54, 1.807) is 38.2 Å². The lowest BCUT2D eigenvalue weighted by atomic mass is 9.84. The van der Waals surface area contributed by atoms with Gasteiger partial charge in [0, 0.05) is 63.5 Å². The van der Waals surface area contributed by atoms with Crippen molar-refractivity contribution in [3.63, 3.8) is 0 Å². The largest absolute Gasteiger partial charge is 0.462 e. The van der Waals surface area contributed by atoms with E-state index in [0.717, 1.165) is 6.26 Å². The maximum Gasteiger partial charge on any atom is 0.308 e. The van der Waals surface area contributed by atoms with Gasteiger partial charge in [0.25, 0.3) is 0 Å². The third-order valence-electron chi connectivity index (χ3n) is 11.6. The number of hydrogen-bond acceptors (Lipinski definition) is 17. The lowest BCUT2D eigenvalue weighted by molar-refractivity contribution is -0.283. The Labute approximate surface area is 402 Å². The van der Waals surface area contributed by atoms with Gasteiger partial charge in [-0.2, -0.15) is 0 Å². The van der Waals surface area contributed by atoms with Gasteiger partial charge in [-0.15, -0.1) is 0 Å².